The summed E-state index contributed by atoms with van der Waals surface area (Å²) >= 11 is 0. The Morgan fingerprint density at radius 3 is 2.61 bits per heavy atom. The average molecular weight is 318 g/mol. The maximum absolute atomic E-state index is 12.5. The second-order valence-electron chi connectivity index (χ2n) is 7.03. The van der Waals surface area contributed by atoms with Crippen LogP contribution >= 0.6 is 0 Å². The van der Waals surface area contributed by atoms with E-state index in [0.29, 0.717) is 18.0 Å². The van der Waals surface area contributed by atoms with Crippen LogP contribution in [0.2, 0.25) is 0 Å². The summed E-state index contributed by atoms with van der Waals surface area (Å²) in [6.45, 7) is 6.95. The number of amides is 2. The zero-order valence-electron chi connectivity index (χ0n) is 14.4. The molecule has 1 unspecified atom stereocenters. The van der Waals surface area contributed by atoms with Crippen LogP contribution in [0.25, 0.3) is 0 Å². The van der Waals surface area contributed by atoms with Crippen molar-refractivity contribution in [3.05, 3.63) is 24.3 Å². The fraction of sp³-hybridized carbons (Fsp3) is 0.556. The number of benzene rings is 1. The van der Waals surface area contributed by atoms with Crippen molar-refractivity contribution in [1.29, 1.82) is 0 Å². The Labute approximate surface area is 138 Å². The average Bonchev–Trinajstić information content (AvgIpc) is 2.54. The van der Waals surface area contributed by atoms with Gasteiger partial charge in [-0.05, 0) is 25.0 Å². The van der Waals surface area contributed by atoms with E-state index in [9.17, 15) is 9.59 Å². The van der Waals surface area contributed by atoms with Crippen LogP contribution in [0.1, 0.15) is 33.6 Å². The minimum atomic E-state index is -0.416. The highest BCUT2D eigenvalue weighted by Crippen LogP contribution is 2.27. The normalized spacial score (nSPS) is 18.4. The molecule has 1 aromatic carbocycles. The fourth-order valence-electron chi connectivity index (χ4n) is 2.83. The first-order valence-electron chi connectivity index (χ1n) is 8.06. The van der Waals surface area contributed by atoms with Crippen molar-refractivity contribution in [1.82, 2.24) is 4.90 Å². The smallest absolute Gasteiger partial charge is 0.229 e. The molecule has 2 rings (SSSR count). The summed E-state index contributed by atoms with van der Waals surface area (Å²) in [4.78, 5) is 26.8. The van der Waals surface area contributed by atoms with Crippen molar-refractivity contribution >= 4 is 17.5 Å². The Balaban J connectivity index is 2.03. The lowest BCUT2D eigenvalue weighted by atomic mass is 9.91. The Kier molecular flexibility index (Phi) is 5.29. The number of rotatable bonds is 3. The van der Waals surface area contributed by atoms with Crippen molar-refractivity contribution in [2.45, 2.75) is 33.6 Å². The zero-order valence-corrected chi connectivity index (χ0v) is 14.4. The van der Waals surface area contributed by atoms with Gasteiger partial charge in [-0.25, -0.2) is 0 Å². The monoisotopic (exact) mass is 318 g/mol. The van der Waals surface area contributed by atoms with Crippen LogP contribution in [0, 0.1) is 11.3 Å². The van der Waals surface area contributed by atoms with Gasteiger partial charge in [-0.3, -0.25) is 9.59 Å². The van der Waals surface area contributed by atoms with Gasteiger partial charge in [-0.15, -0.1) is 0 Å². The molecule has 126 valence electrons. The second-order valence-corrected chi connectivity index (χ2v) is 7.03. The molecule has 0 saturated carbocycles. The van der Waals surface area contributed by atoms with E-state index < -0.39 is 5.41 Å². The summed E-state index contributed by atoms with van der Waals surface area (Å²) in [7, 11) is 1.58. The molecule has 1 aliphatic rings. The summed E-state index contributed by atoms with van der Waals surface area (Å²) in [6.07, 6.45) is 1.65. The van der Waals surface area contributed by atoms with Gasteiger partial charge in [0.25, 0.3) is 0 Å². The molecular formula is C18H26N2O3. The third kappa shape index (κ3) is 4.24. The van der Waals surface area contributed by atoms with E-state index >= 15 is 0 Å². The minimum Gasteiger partial charge on any atom is -0.495 e. The molecule has 1 saturated heterocycles. The highest BCUT2D eigenvalue weighted by molar-refractivity contribution is 5.94. The Bertz CT molecular complexity index is 578. The number of nitrogens with one attached hydrogen (secondary N) is 1. The van der Waals surface area contributed by atoms with Crippen molar-refractivity contribution in [2.24, 2.45) is 11.3 Å². The molecule has 1 aromatic rings. The molecule has 0 spiro atoms. The summed E-state index contributed by atoms with van der Waals surface area (Å²) in [5, 5.41) is 2.93. The molecule has 1 N–H and O–H groups in total. The van der Waals surface area contributed by atoms with Crippen LogP contribution in [0.3, 0.4) is 0 Å². The zero-order chi connectivity index (χ0) is 17.0. The first-order chi connectivity index (χ1) is 10.8. The highest BCUT2D eigenvalue weighted by atomic mass is 16.5. The standard InChI is InChI=1S/C18H26N2O3/c1-18(2,3)17(22)20-11-7-8-13(12-20)16(21)19-14-9-5-6-10-15(14)23-4/h5-6,9-10,13H,7-8,11-12H2,1-4H3,(H,19,21). The van der Waals surface area contributed by atoms with Gasteiger partial charge in [-0.2, -0.15) is 0 Å². The molecule has 0 aliphatic carbocycles. The van der Waals surface area contributed by atoms with E-state index in [-0.39, 0.29) is 17.7 Å². The van der Waals surface area contributed by atoms with Gasteiger partial charge in [0, 0.05) is 18.5 Å². The summed E-state index contributed by atoms with van der Waals surface area (Å²) in [6, 6.07) is 7.34. The number of methoxy groups -OCH3 is 1. The quantitative estimate of drug-likeness (QED) is 0.932. The molecule has 5 heteroatoms. The second kappa shape index (κ2) is 7.02. The summed E-state index contributed by atoms with van der Waals surface area (Å²) < 4.78 is 5.26. The van der Waals surface area contributed by atoms with Gasteiger partial charge in [0.2, 0.25) is 11.8 Å². The van der Waals surface area contributed by atoms with Crippen LogP contribution < -0.4 is 10.1 Å². The van der Waals surface area contributed by atoms with Crippen molar-refractivity contribution in [3.8, 4) is 5.75 Å². The number of likely N-dealkylation sites (tertiary alicyclic amines) is 1. The Morgan fingerprint density at radius 2 is 1.96 bits per heavy atom. The molecule has 1 atom stereocenters. The van der Waals surface area contributed by atoms with E-state index in [1.165, 1.54) is 0 Å². The number of hydrogen-bond donors (Lipinski definition) is 1. The van der Waals surface area contributed by atoms with Gasteiger partial charge in [-0.1, -0.05) is 32.9 Å². The van der Waals surface area contributed by atoms with Crippen molar-refractivity contribution in [2.75, 3.05) is 25.5 Å². The van der Waals surface area contributed by atoms with Crippen LogP contribution in [0.4, 0.5) is 5.69 Å². The topological polar surface area (TPSA) is 58.6 Å². The number of piperidine rings is 1. The fourth-order valence-corrected chi connectivity index (χ4v) is 2.83. The molecule has 1 aliphatic heterocycles. The predicted octanol–water partition coefficient (Wildman–Crippen LogP) is 2.92. The number of anilines is 1. The molecule has 0 bridgehead atoms. The molecule has 0 radical (unpaired) electrons. The lowest BCUT2D eigenvalue weighted by Gasteiger charge is -2.35. The van der Waals surface area contributed by atoms with Crippen LogP contribution in [-0.2, 0) is 9.59 Å². The van der Waals surface area contributed by atoms with E-state index in [1.807, 2.05) is 49.9 Å². The SMILES string of the molecule is COc1ccccc1NC(=O)C1CCCN(C(=O)C(C)(C)C)C1. The Morgan fingerprint density at radius 1 is 1.26 bits per heavy atom. The third-order valence-corrected chi connectivity index (χ3v) is 4.09. The van der Waals surface area contributed by atoms with E-state index in [2.05, 4.69) is 5.32 Å². The van der Waals surface area contributed by atoms with Crippen LogP contribution in [0.15, 0.2) is 24.3 Å². The number of hydrogen-bond acceptors (Lipinski definition) is 3. The largest absolute Gasteiger partial charge is 0.495 e. The number of carbonyl (C=O) groups excluding carboxylic acids is 2. The van der Waals surface area contributed by atoms with Crippen LogP contribution in [0.5, 0.6) is 5.75 Å². The third-order valence-electron chi connectivity index (χ3n) is 4.09. The van der Waals surface area contributed by atoms with Gasteiger partial charge < -0.3 is 15.0 Å². The van der Waals surface area contributed by atoms with E-state index in [4.69, 9.17) is 4.74 Å². The number of para-hydroxylation sites is 2. The Hall–Kier alpha value is -2.04. The van der Waals surface area contributed by atoms with Gasteiger partial charge in [0.15, 0.2) is 0 Å². The molecule has 1 heterocycles. The summed E-state index contributed by atoms with van der Waals surface area (Å²) in [5.74, 6) is 0.507. The summed E-state index contributed by atoms with van der Waals surface area (Å²) in [5.41, 5.74) is 0.250. The van der Waals surface area contributed by atoms with Gasteiger partial charge in [0.1, 0.15) is 5.75 Å². The lowest BCUT2D eigenvalue weighted by Crippen LogP contribution is -2.47. The number of ether oxygens (including phenoxy) is 1. The first-order valence-corrected chi connectivity index (χ1v) is 8.06. The highest BCUT2D eigenvalue weighted by Gasteiger charge is 2.33. The van der Waals surface area contributed by atoms with Crippen molar-refractivity contribution < 1.29 is 14.3 Å². The van der Waals surface area contributed by atoms with Crippen LogP contribution in [-0.4, -0.2) is 36.9 Å². The maximum atomic E-state index is 12.5. The maximum Gasteiger partial charge on any atom is 0.229 e. The minimum absolute atomic E-state index is 0.0547. The van der Waals surface area contributed by atoms with Gasteiger partial charge in [0.05, 0.1) is 18.7 Å². The number of carbonyl (C=O) groups is 2. The molecule has 0 aromatic heterocycles. The molecule has 5 nitrogen and oxygen atoms in total. The molecule has 23 heavy (non-hydrogen) atoms. The number of nitrogens with zero attached hydrogens (tertiary/aromatic N) is 1. The van der Waals surface area contributed by atoms with Crippen molar-refractivity contribution in [3.63, 3.8) is 0 Å². The molecule has 1 fully saturated rings. The van der Waals surface area contributed by atoms with E-state index in [0.717, 1.165) is 19.4 Å². The molecular weight excluding hydrogens is 292 g/mol. The van der Waals surface area contributed by atoms with E-state index in [1.54, 1.807) is 7.11 Å². The first kappa shape index (κ1) is 17.3. The van der Waals surface area contributed by atoms with Gasteiger partial charge >= 0.3 is 0 Å². The lowest BCUT2D eigenvalue weighted by molar-refractivity contribution is -0.142. The molecule has 2 amide bonds. The predicted molar refractivity (Wildman–Crippen MR) is 90.4 cm³/mol.